The van der Waals surface area contributed by atoms with Crippen molar-refractivity contribution in [3.8, 4) is 0 Å². The van der Waals surface area contributed by atoms with Gasteiger partial charge in [0.2, 0.25) is 0 Å². The summed E-state index contributed by atoms with van der Waals surface area (Å²) in [5, 5.41) is 28.8. The van der Waals surface area contributed by atoms with Crippen molar-refractivity contribution in [2.45, 2.75) is 128 Å². The first-order valence-corrected chi connectivity index (χ1v) is 12.6. The minimum absolute atomic E-state index is 0.0944. The van der Waals surface area contributed by atoms with Crippen molar-refractivity contribution in [3.05, 3.63) is 12.2 Å². The van der Waals surface area contributed by atoms with E-state index in [1.165, 1.54) is 70.6 Å². The van der Waals surface area contributed by atoms with E-state index in [4.69, 9.17) is 9.47 Å². The van der Waals surface area contributed by atoms with Crippen molar-refractivity contribution in [1.82, 2.24) is 0 Å². The number of hydrogen-bond donors (Lipinski definition) is 3. The number of hydrogen-bond acceptors (Lipinski definition) is 5. The van der Waals surface area contributed by atoms with E-state index in [-0.39, 0.29) is 13.2 Å². The Balaban J connectivity index is 1.85. The lowest BCUT2D eigenvalue weighted by molar-refractivity contribution is -0.101. The Labute approximate surface area is 184 Å². The highest BCUT2D eigenvalue weighted by Crippen LogP contribution is 2.20. The summed E-state index contributed by atoms with van der Waals surface area (Å²) < 4.78 is 11.0. The van der Waals surface area contributed by atoms with Gasteiger partial charge in [-0.05, 0) is 32.1 Å². The van der Waals surface area contributed by atoms with Crippen LogP contribution >= 0.6 is 0 Å². The van der Waals surface area contributed by atoms with Gasteiger partial charge in [-0.15, -0.1) is 0 Å². The maximum absolute atomic E-state index is 9.84. The Morgan fingerprint density at radius 1 is 0.833 bits per heavy atom. The predicted octanol–water partition coefficient (Wildman–Crippen LogP) is 4.91. The molecule has 178 valence electrons. The number of aliphatic hydroxyl groups is 3. The molecule has 5 heteroatoms. The van der Waals surface area contributed by atoms with E-state index in [0.29, 0.717) is 6.61 Å². The highest BCUT2D eigenvalue weighted by atomic mass is 16.6. The summed E-state index contributed by atoms with van der Waals surface area (Å²) >= 11 is 0. The van der Waals surface area contributed by atoms with Gasteiger partial charge in [0.25, 0.3) is 0 Å². The first kappa shape index (κ1) is 27.6. The van der Waals surface area contributed by atoms with Crippen LogP contribution in [0.2, 0.25) is 0 Å². The average molecular weight is 429 g/mol. The minimum Gasteiger partial charge on any atom is -0.394 e. The lowest BCUT2D eigenvalue weighted by Crippen LogP contribution is -2.42. The van der Waals surface area contributed by atoms with Crippen molar-refractivity contribution in [2.24, 2.45) is 0 Å². The molecular weight excluding hydrogens is 380 g/mol. The third-order valence-corrected chi connectivity index (χ3v) is 5.97. The molecule has 5 nitrogen and oxygen atoms in total. The van der Waals surface area contributed by atoms with E-state index >= 15 is 0 Å². The zero-order valence-electron chi connectivity index (χ0n) is 19.4. The standard InChI is InChI=1S/C25H48O5/c1-2-3-4-5-6-7-8-9-10-11-12-13-14-15-16-17-18-19-29-23(20-26)25-24(28)22(27)21-30-25/h13-14,22-28H,2-12,15-21H2,1H3/b14-13+/t22-,23+,24-,25-/m0/s1. The number of allylic oxidation sites excluding steroid dienone is 2. The van der Waals surface area contributed by atoms with E-state index in [2.05, 4.69) is 19.1 Å². The highest BCUT2D eigenvalue weighted by molar-refractivity contribution is 4.88. The molecule has 0 amide bonds. The van der Waals surface area contributed by atoms with Crippen LogP contribution < -0.4 is 0 Å². The lowest BCUT2D eigenvalue weighted by Gasteiger charge is -2.24. The lowest BCUT2D eigenvalue weighted by atomic mass is 10.1. The van der Waals surface area contributed by atoms with Gasteiger partial charge in [-0.2, -0.15) is 0 Å². The van der Waals surface area contributed by atoms with Crippen molar-refractivity contribution < 1.29 is 24.8 Å². The normalized spacial score (nSPS) is 22.9. The van der Waals surface area contributed by atoms with Crippen LogP contribution in [0.15, 0.2) is 12.2 Å². The molecule has 0 bridgehead atoms. The Kier molecular flexibility index (Phi) is 17.7. The summed E-state index contributed by atoms with van der Waals surface area (Å²) in [5.41, 5.74) is 0. The molecule has 1 aliphatic heterocycles. The van der Waals surface area contributed by atoms with E-state index in [9.17, 15) is 15.3 Å². The average Bonchev–Trinajstić information content (AvgIpc) is 3.08. The van der Waals surface area contributed by atoms with Crippen molar-refractivity contribution in [2.75, 3.05) is 19.8 Å². The molecule has 1 rings (SSSR count). The van der Waals surface area contributed by atoms with Crippen molar-refractivity contribution in [1.29, 1.82) is 0 Å². The maximum Gasteiger partial charge on any atom is 0.114 e. The molecule has 0 radical (unpaired) electrons. The second-order valence-corrected chi connectivity index (χ2v) is 8.74. The quantitative estimate of drug-likeness (QED) is 0.190. The molecule has 1 saturated heterocycles. The van der Waals surface area contributed by atoms with E-state index in [1.807, 2.05) is 0 Å². The topological polar surface area (TPSA) is 79.2 Å². The van der Waals surface area contributed by atoms with Crippen LogP contribution in [0.1, 0.15) is 103 Å². The van der Waals surface area contributed by atoms with Gasteiger partial charge in [-0.25, -0.2) is 0 Å². The largest absolute Gasteiger partial charge is 0.394 e. The van der Waals surface area contributed by atoms with E-state index < -0.39 is 24.4 Å². The molecule has 1 fully saturated rings. The Bertz CT molecular complexity index is 401. The fourth-order valence-electron chi connectivity index (χ4n) is 3.97. The molecular formula is C25H48O5. The molecule has 0 aliphatic carbocycles. The summed E-state index contributed by atoms with van der Waals surface area (Å²) in [4.78, 5) is 0. The molecule has 30 heavy (non-hydrogen) atoms. The molecule has 0 unspecified atom stereocenters. The van der Waals surface area contributed by atoms with Crippen LogP contribution in [0.3, 0.4) is 0 Å². The van der Waals surface area contributed by atoms with Crippen LogP contribution in [0.5, 0.6) is 0 Å². The monoisotopic (exact) mass is 428 g/mol. The SMILES string of the molecule is CCCCCCCCCCCC/C=C/CCCCCO[C@H](CO)[C@@H]1OC[C@H](O)[C@@H]1O. The van der Waals surface area contributed by atoms with Gasteiger partial charge >= 0.3 is 0 Å². The predicted molar refractivity (Wildman–Crippen MR) is 123 cm³/mol. The summed E-state index contributed by atoms with van der Waals surface area (Å²) in [6.45, 7) is 2.69. The van der Waals surface area contributed by atoms with Gasteiger partial charge in [0, 0.05) is 6.61 Å². The second-order valence-electron chi connectivity index (χ2n) is 8.74. The van der Waals surface area contributed by atoms with Crippen LogP contribution in [0.4, 0.5) is 0 Å². The fraction of sp³-hybridized carbons (Fsp3) is 0.920. The number of aliphatic hydroxyl groups excluding tert-OH is 3. The molecule has 0 saturated carbocycles. The highest BCUT2D eigenvalue weighted by Gasteiger charge is 2.40. The second kappa shape index (κ2) is 19.2. The summed E-state index contributed by atoms with van der Waals surface area (Å²) in [6, 6.07) is 0. The van der Waals surface area contributed by atoms with Crippen LogP contribution in [0, 0.1) is 0 Å². The van der Waals surface area contributed by atoms with Crippen LogP contribution in [-0.4, -0.2) is 59.6 Å². The molecule has 1 aliphatic rings. The molecule has 4 atom stereocenters. The maximum atomic E-state index is 9.84. The first-order valence-electron chi connectivity index (χ1n) is 12.6. The smallest absolute Gasteiger partial charge is 0.114 e. The van der Waals surface area contributed by atoms with Gasteiger partial charge in [0.1, 0.15) is 24.4 Å². The van der Waals surface area contributed by atoms with Crippen molar-refractivity contribution in [3.63, 3.8) is 0 Å². The van der Waals surface area contributed by atoms with Gasteiger partial charge in [-0.3, -0.25) is 0 Å². The van der Waals surface area contributed by atoms with Crippen LogP contribution in [0.25, 0.3) is 0 Å². The Hall–Kier alpha value is -0.460. The number of unbranched alkanes of at least 4 members (excludes halogenated alkanes) is 13. The zero-order valence-corrected chi connectivity index (χ0v) is 19.4. The van der Waals surface area contributed by atoms with Gasteiger partial charge in [-0.1, -0.05) is 83.3 Å². The molecule has 0 spiro atoms. The van der Waals surface area contributed by atoms with E-state index in [0.717, 1.165) is 25.7 Å². The van der Waals surface area contributed by atoms with Crippen molar-refractivity contribution >= 4 is 0 Å². The third kappa shape index (κ3) is 13.1. The molecule has 0 aromatic heterocycles. The van der Waals surface area contributed by atoms with Gasteiger partial charge < -0.3 is 24.8 Å². The zero-order chi connectivity index (χ0) is 21.9. The van der Waals surface area contributed by atoms with E-state index in [1.54, 1.807) is 0 Å². The molecule has 1 heterocycles. The van der Waals surface area contributed by atoms with Gasteiger partial charge in [0.15, 0.2) is 0 Å². The van der Waals surface area contributed by atoms with Gasteiger partial charge in [0.05, 0.1) is 13.2 Å². The fourth-order valence-corrected chi connectivity index (χ4v) is 3.97. The molecule has 0 aromatic rings. The van der Waals surface area contributed by atoms with Crippen LogP contribution in [-0.2, 0) is 9.47 Å². The third-order valence-electron chi connectivity index (χ3n) is 5.97. The number of rotatable bonds is 20. The summed E-state index contributed by atoms with van der Waals surface area (Å²) in [5.74, 6) is 0. The summed E-state index contributed by atoms with van der Waals surface area (Å²) in [7, 11) is 0. The molecule has 0 aromatic carbocycles. The number of ether oxygens (including phenoxy) is 2. The first-order chi connectivity index (χ1) is 14.7. The minimum atomic E-state index is -0.983. The Morgan fingerprint density at radius 3 is 1.87 bits per heavy atom. The summed E-state index contributed by atoms with van der Waals surface area (Å²) in [6.07, 6.45) is 20.9. The Morgan fingerprint density at radius 2 is 1.37 bits per heavy atom. The molecule has 3 N–H and O–H groups in total.